The average molecular weight is 291 g/mol. The first-order valence-corrected chi connectivity index (χ1v) is 5.50. The van der Waals surface area contributed by atoms with Gasteiger partial charge >= 0.3 is 0 Å². The van der Waals surface area contributed by atoms with Crippen LogP contribution >= 0.6 is 15.9 Å². The van der Waals surface area contributed by atoms with Crippen LogP contribution in [-0.4, -0.2) is 16.1 Å². The molecule has 0 saturated carbocycles. The van der Waals surface area contributed by atoms with Crippen LogP contribution in [0.3, 0.4) is 0 Å². The molecule has 0 saturated heterocycles. The maximum Gasteiger partial charge on any atom is 0.258 e. The largest absolute Gasteiger partial charge is 0.321 e. The maximum absolute atomic E-state index is 11.8. The first-order valence-electron chi connectivity index (χ1n) is 4.70. The molecule has 6 heteroatoms. The van der Waals surface area contributed by atoms with Crippen LogP contribution in [0.15, 0.2) is 35.1 Å². The van der Waals surface area contributed by atoms with Crippen molar-refractivity contribution in [1.29, 1.82) is 5.26 Å². The van der Waals surface area contributed by atoms with E-state index in [1.54, 1.807) is 18.2 Å². The Balaban J connectivity index is 2.27. The number of aromatic nitrogens is 2. The lowest BCUT2D eigenvalue weighted by atomic mass is 10.2. The molecule has 2 rings (SSSR count). The second-order valence-corrected chi connectivity index (χ2v) is 4.16. The Kier molecular flexibility index (Phi) is 3.21. The molecule has 1 amide bonds. The number of nitrogens with zero attached hydrogens (tertiary/aromatic N) is 2. The zero-order valence-corrected chi connectivity index (χ0v) is 10.2. The molecule has 2 N–H and O–H groups in total. The van der Waals surface area contributed by atoms with Crippen LogP contribution in [0.1, 0.15) is 15.9 Å². The molecule has 84 valence electrons. The summed E-state index contributed by atoms with van der Waals surface area (Å²) in [6, 6.07) is 7.07. The molecule has 0 spiro atoms. The quantitative estimate of drug-likeness (QED) is 0.890. The van der Waals surface area contributed by atoms with Gasteiger partial charge in [-0.3, -0.25) is 9.89 Å². The predicted molar refractivity (Wildman–Crippen MR) is 65.4 cm³/mol. The molecular weight excluding hydrogens is 284 g/mol. The number of nitriles is 1. The highest BCUT2D eigenvalue weighted by molar-refractivity contribution is 9.10. The van der Waals surface area contributed by atoms with E-state index in [1.807, 2.05) is 6.07 Å². The summed E-state index contributed by atoms with van der Waals surface area (Å²) in [7, 11) is 0. The normalized spacial score (nSPS) is 9.65. The maximum atomic E-state index is 11.8. The highest BCUT2D eigenvalue weighted by Gasteiger charge is 2.10. The first kappa shape index (κ1) is 11.4. The number of hydrogen-bond donors (Lipinski definition) is 2. The summed E-state index contributed by atoms with van der Waals surface area (Å²) in [5.41, 5.74) is 1.28. The number of anilines is 1. The van der Waals surface area contributed by atoms with Crippen LogP contribution in [0.25, 0.3) is 0 Å². The van der Waals surface area contributed by atoms with Gasteiger partial charge in [-0.15, -0.1) is 0 Å². The number of carbonyl (C=O) groups is 1. The Labute approximate surface area is 106 Å². The van der Waals surface area contributed by atoms with Crippen LogP contribution in [0.4, 0.5) is 5.69 Å². The number of H-pyrrole nitrogens is 1. The zero-order valence-electron chi connectivity index (χ0n) is 8.57. The van der Waals surface area contributed by atoms with Crippen molar-refractivity contribution >= 4 is 27.5 Å². The van der Waals surface area contributed by atoms with Gasteiger partial charge in [-0.05, 0) is 18.2 Å². The van der Waals surface area contributed by atoms with Gasteiger partial charge in [-0.25, -0.2) is 0 Å². The smallest absolute Gasteiger partial charge is 0.258 e. The molecule has 0 aliphatic heterocycles. The molecule has 0 aliphatic rings. The monoisotopic (exact) mass is 290 g/mol. The Morgan fingerprint density at radius 3 is 3.00 bits per heavy atom. The van der Waals surface area contributed by atoms with Gasteiger partial charge in [0.2, 0.25) is 0 Å². The van der Waals surface area contributed by atoms with E-state index in [1.165, 1.54) is 12.4 Å². The van der Waals surface area contributed by atoms with Gasteiger partial charge in [-0.1, -0.05) is 15.9 Å². The fraction of sp³-hybridized carbons (Fsp3) is 0. The van der Waals surface area contributed by atoms with Crippen molar-refractivity contribution in [1.82, 2.24) is 10.2 Å². The summed E-state index contributed by atoms with van der Waals surface area (Å²) in [6.07, 6.45) is 2.90. The first-order chi connectivity index (χ1) is 8.20. The minimum absolute atomic E-state index is 0.312. The summed E-state index contributed by atoms with van der Waals surface area (Å²) in [5, 5.41) is 17.8. The molecule has 1 heterocycles. The van der Waals surface area contributed by atoms with E-state index in [2.05, 4.69) is 31.4 Å². The van der Waals surface area contributed by atoms with Crippen molar-refractivity contribution in [3.63, 3.8) is 0 Å². The van der Waals surface area contributed by atoms with E-state index in [0.717, 1.165) is 4.47 Å². The lowest BCUT2D eigenvalue weighted by Crippen LogP contribution is -2.12. The van der Waals surface area contributed by atoms with E-state index in [-0.39, 0.29) is 5.91 Å². The molecule has 1 aromatic heterocycles. The Morgan fingerprint density at radius 1 is 1.53 bits per heavy atom. The lowest BCUT2D eigenvalue weighted by molar-refractivity contribution is 0.102. The number of amides is 1. The third kappa shape index (κ3) is 2.52. The lowest BCUT2D eigenvalue weighted by Gasteiger charge is -2.05. The predicted octanol–water partition coefficient (Wildman–Crippen LogP) is 2.30. The summed E-state index contributed by atoms with van der Waals surface area (Å²) >= 11 is 3.28. The molecule has 0 aliphatic carbocycles. The Bertz CT molecular complexity index is 586. The van der Waals surface area contributed by atoms with Gasteiger partial charge in [0.05, 0.1) is 23.0 Å². The third-order valence-electron chi connectivity index (χ3n) is 2.11. The fourth-order valence-corrected chi connectivity index (χ4v) is 1.65. The molecular formula is C11H7BrN4O. The number of rotatable bonds is 2. The van der Waals surface area contributed by atoms with Crippen molar-refractivity contribution in [3.05, 3.63) is 46.2 Å². The number of hydrogen-bond acceptors (Lipinski definition) is 3. The molecule has 1 aromatic carbocycles. The van der Waals surface area contributed by atoms with Gasteiger partial charge < -0.3 is 5.32 Å². The number of carbonyl (C=O) groups excluding carboxylic acids is 1. The summed E-state index contributed by atoms with van der Waals surface area (Å²) in [4.78, 5) is 11.8. The van der Waals surface area contributed by atoms with E-state index in [4.69, 9.17) is 5.26 Å². The summed E-state index contributed by atoms with van der Waals surface area (Å²) < 4.78 is 0.791. The van der Waals surface area contributed by atoms with Crippen LogP contribution in [0.2, 0.25) is 0 Å². The SMILES string of the molecule is N#Cc1ccc(Br)cc1NC(=O)c1cn[nH]c1. The summed E-state index contributed by atoms with van der Waals surface area (Å²) in [5.74, 6) is -0.312. The van der Waals surface area contributed by atoms with Gasteiger partial charge in [0.1, 0.15) is 6.07 Å². The highest BCUT2D eigenvalue weighted by Crippen LogP contribution is 2.21. The number of benzene rings is 1. The Hall–Kier alpha value is -2.13. The van der Waals surface area contributed by atoms with Crippen molar-refractivity contribution in [3.8, 4) is 6.07 Å². The van der Waals surface area contributed by atoms with E-state index < -0.39 is 0 Å². The minimum atomic E-state index is -0.312. The molecule has 0 fully saturated rings. The molecule has 5 nitrogen and oxygen atoms in total. The fourth-order valence-electron chi connectivity index (χ4n) is 1.29. The Morgan fingerprint density at radius 2 is 2.35 bits per heavy atom. The molecule has 2 aromatic rings. The average Bonchev–Trinajstić information content (AvgIpc) is 2.83. The van der Waals surface area contributed by atoms with Gasteiger partial charge in [0.15, 0.2) is 0 Å². The number of halogens is 1. The highest BCUT2D eigenvalue weighted by atomic mass is 79.9. The molecule has 0 unspecified atom stereocenters. The molecule has 17 heavy (non-hydrogen) atoms. The van der Waals surface area contributed by atoms with Crippen LogP contribution in [0, 0.1) is 11.3 Å². The van der Waals surface area contributed by atoms with E-state index >= 15 is 0 Å². The zero-order chi connectivity index (χ0) is 12.3. The van der Waals surface area contributed by atoms with Crippen LogP contribution < -0.4 is 5.32 Å². The molecule has 0 atom stereocenters. The van der Waals surface area contributed by atoms with Crippen molar-refractivity contribution in [2.45, 2.75) is 0 Å². The van der Waals surface area contributed by atoms with Crippen molar-refractivity contribution in [2.24, 2.45) is 0 Å². The van der Waals surface area contributed by atoms with Gasteiger partial charge in [0, 0.05) is 10.7 Å². The van der Waals surface area contributed by atoms with Crippen LogP contribution in [0.5, 0.6) is 0 Å². The second-order valence-electron chi connectivity index (χ2n) is 3.24. The van der Waals surface area contributed by atoms with Gasteiger partial charge in [-0.2, -0.15) is 10.4 Å². The standard InChI is InChI=1S/C11H7BrN4O/c12-9-2-1-7(4-13)10(3-9)16-11(17)8-5-14-15-6-8/h1-3,5-6H,(H,14,15)(H,16,17). The molecule has 0 radical (unpaired) electrons. The molecule has 0 bridgehead atoms. The van der Waals surface area contributed by atoms with Crippen LogP contribution in [-0.2, 0) is 0 Å². The summed E-state index contributed by atoms with van der Waals surface area (Å²) in [6.45, 7) is 0. The number of aromatic amines is 1. The topological polar surface area (TPSA) is 81.6 Å². The minimum Gasteiger partial charge on any atom is -0.321 e. The van der Waals surface area contributed by atoms with Crippen molar-refractivity contribution < 1.29 is 4.79 Å². The van der Waals surface area contributed by atoms with Crippen molar-refractivity contribution in [2.75, 3.05) is 5.32 Å². The second kappa shape index (κ2) is 4.80. The number of nitrogens with one attached hydrogen (secondary N) is 2. The van der Waals surface area contributed by atoms with E-state index in [0.29, 0.717) is 16.8 Å². The van der Waals surface area contributed by atoms with Gasteiger partial charge in [0.25, 0.3) is 5.91 Å². The van der Waals surface area contributed by atoms with E-state index in [9.17, 15) is 4.79 Å². The third-order valence-corrected chi connectivity index (χ3v) is 2.60.